The molecule has 36 heavy (non-hydrogen) atoms. The fraction of sp³-hybridized carbons (Fsp3) is 0.269. The zero-order valence-electron chi connectivity index (χ0n) is 20.6. The van der Waals surface area contributed by atoms with Crippen LogP contribution in [0.1, 0.15) is 32.6 Å². The summed E-state index contributed by atoms with van der Waals surface area (Å²) >= 11 is 0. The summed E-state index contributed by atoms with van der Waals surface area (Å²) in [4.78, 5) is 23.1. The number of hydrogen-bond acceptors (Lipinski definition) is 6. The Hall–Kier alpha value is -3.92. The summed E-state index contributed by atoms with van der Waals surface area (Å²) in [6.07, 6.45) is 1.05. The molecule has 3 rings (SSSR count). The summed E-state index contributed by atoms with van der Waals surface area (Å²) in [6, 6.07) is 16.5. The van der Waals surface area contributed by atoms with Crippen LogP contribution < -0.4 is 14.4 Å². The second kappa shape index (κ2) is 11.2. The lowest BCUT2D eigenvalue weighted by atomic mass is 10.1. The molecule has 0 unspecified atom stereocenters. The maximum Gasteiger partial charge on any atom is 0.271 e. The number of aryl methyl sites for hydroxylation is 3. The fourth-order valence-electron chi connectivity index (χ4n) is 3.68. The second-order valence-electron chi connectivity index (χ2n) is 8.57. The highest BCUT2D eigenvalue weighted by Crippen LogP contribution is 2.29. The van der Waals surface area contributed by atoms with Crippen molar-refractivity contribution in [2.75, 3.05) is 23.7 Å². The van der Waals surface area contributed by atoms with Gasteiger partial charge in [0.25, 0.3) is 11.6 Å². The third kappa shape index (κ3) is 6.82. The molecule has 190 valence electrons. The molecule has 0 aromatic heterocycles. The van der Waals surface area contributed by atoms with E-state index < -0.39 is 14.9 Å². The molecular formula is C26H29N3O6S. The number of benzene rings is 3. The molecule has 0 saturated heterocycles. The number of nitro groups is 1. The Morgan fingerprint density at radius 1 is 1.00 bits per heavy atom. The lowest BCUT2D eigenvalue weighted by molar-refractivity contribution is -0.384. The molecular weight excluding hydrogens is 482 g/mol. The van der Waals surface area contributed by atoms with Crippen LogP contribution in [-0.4, -0.2) is 38.7 Å². The zero-order chi connectivity index (χ0) is 26.5. The third-order valence-electron chi connectivity index (χ3n) is 5.59. The van der Waals surface area contributed by atoms with Gasteiger partial charge in [0.15, 0.2) is 0 Å². The van der Waals surface area contributed by atoms with Crippen molar-refractivity contribution in [2.24, 2.45) is 0 Å². The van der Waals surface area contributed by atoms with E-state index in [1.807, 2.05) is 32.0 Å². The van der Waals surface area contributed by atoms with E-state index >= 15 is 0 Å². The highest BCUT2D eigenvalue weighted by Gasteiger charge is 2.22. The molecule has 0 radical (unpaired) electrons. The first-order valence-electron chi connectivity index (χ1n) is 11.3. The highest BCUT2D eigenvalue weighted by molar-refractivity contribution is 7.92. The molecule has 0 spiro atoms. The Balaban J connectivity index is 1.64. The average molecular weight is 512 g/mol. The summed E-state index contributed by atoms with van der Waals surface area (Å²) < 4.78 is 31.9. The van der Waals surface area contributed by atoms with Crippen LogP contribution in [0.2, 0.25) is 0 Å². The third-order valence-corrected chi connectivity index (χ3v) is 6.72. The average Bonchev–Trinajstić information content (AvgIpc) is 2.81. The van der Waals surface area contributed by atoms with Gasteiger partial charge in [0.1, 0.15) is 12.4 Å². The van der Waals surface area contributed by atoms with Gasteiger partial charge in [-0.3, -0.25) is 19.2 Å². The van der Waals surface area contributed by atoms with Crippen molar-refractivity contribution in [3.63, 3.8) is 0 Å². The first-order valence-corrected chi connectivity index (χ1v) is 13.1. The number of nitro benzene ring substituents is 1. The second-order valence-corrected chi connectivity index (χ2v) is 10.5. The number of nitrogens with one attached hydrogen (secondary N) is 1. The van der Waals surface area contributed by atoms with Crippen LogP contribution in [0.3, 0.4) is 0 Å². The normalized spacial score (nSPS) is 11.1. The number of carbonyl (C=O) groups excluding carboxylic acids is 1. The molecule has 0 atom stereocenters. The van der Waals surface area contributed by atoms with Gasteiger partial charge < -0.3 is 10.1 Å². The van der Waals surface area contributed by atoms with Crippen LogP contribution in [0.25, 0.3) is 0 Å². The maximum absolute atomic E-state index is 12.5. The van der Waals surface area contributed by atoms with E-state index in [2.05, 4.69) is 5.32 Å². The van der Waals surface area contributed by atoms with Gasteiger partial charge in [0.05, 0.1) is 30.0 Å². The Labute approximate surface area is 210 Å². The van der Waals surface area contributed by atoms with Gasteiger partial charge in [-0.1, -0.05) is 35.9 Å². The minimum atomic E-state index is -3.73. The van der Waals surface area contributed by atoms with E-state index in [0.29, 0.717) is 29.8 Å². The monoisotopic (exact) mass is 511 g/mol. The van der Waals surface area contributed by atoms with Crippen LogP contribution in [0.15, 0.2) is 60.7 Å². The van der Waals surface area contributed by atoms with E-state index in [4.69, 9.17) is 4.74 Å². The quantitative estimate of drug-likeness (QED) is 0.246. The van der Waals surface area contributed by atoms with Crippen LogP contribution in [-0.2, 0) is 16.6 Å². The molecule has 1 N–H and O–H groups in total. The molecule has 9 nitrogen and oxygen atoms in total. The van der Waals surface area contributed by atoms with Crippen LogP contribution in [0.4, 0.5) is 11.4 Å². The number of ether oxygens (including phenoxy) is 1. The lowest BCUT2D eigenvalue weighted by Crippen LogP contribution is -2.30. The van der Waals surface area contributed by atoms with Crippen molar-refractivity contribution < 1.29 is 22.9 Å². The number of carbonyl (C=O) groups is 1. The summed E-state index contributed by atoms with van der Waals surface area (Å²) in [5.74, 6) is 0.494. The maximum atomic E-state index is 12.5. The molecule has 0 aliphatic carbocycles. The van der Waals surface area contributed by atoms with E-state index in [0.717, 1.165) is 27.4 Å². The largest absolute Gasteiger partial charge is 0.491 e. The zero-order valence-corrected chi connectivity index (χ0v) is 21.5. The number of hydrogen-bond donors (Lipinski definition) is 1. The minimum absolute atomic E-state index is 0.0352. The smallest absolute Gasteiger partial charge is 0.271 e. The van der Waals surface area contributed by atoms with Crippen LogP contribution >= 0.6 is 0 Å². The van der Waals surface area contributed by atoms with Crippen molar-refractivity contribution in [3.8, 4) is 5.75 Å². The first kappa shape index (κ1) is 26.7. The van der Waals surface area contributed by atoms with Gasteiger partial charge >= 0.3 is 0 Å². The molecule has 3 aromatic carbocycles. The molecule has 0 bridgehead atoms. The number of amides is 1. The molecule has 10 heteroatoms. The fourth-order valence-corrected chi connectivity index (χ4v) is 4.61. The standard InChI is InChI=1S/C26H29N3O6S/c1-18-5-12-25(20(3)15-18)35-14-13-27-26(30)22-9-7-21(8-10-22)17-28(36(4,33)34)24-16-23(29(31)32)11-6-19(24)2/h5-12,15-16H,13-14,17H2,1-4H3,(H,27,30). The predicted octanol–water partition coefficient (Wildman–Crippen LogP) is 4.30. The van der Waals surface area contributed by atoms with E-state index in [1.165, 1.54) is 18.2 Å². The van der Waals surface area contributed by atoms with Crippen LogP contribution in [0, 0.1) is 30.9 Å². The van der Waals surface area contributed by atoms with Gasteiger partial charge in [-0.05, 0) is 55.7 Å². The lowest BCUT2D eigenvalue weighted by Gasteiger charge is -2.24. The SMILES string of the molecule is Cc1ccc(OCCNC(=O)c2ccc(CN(c3cc([N+](=O)[O-])ccc3C)S(C)(=O)=O)cc2)c(C)c1. The van der Waals surface area contributed by atoms with Gasteiger partial charge in [0, 0.05) is 17.7 Å². The van der Waals surface area contributed by atoms with E-state index in [1.54, 1.807) is 31.2 Å². The Morgan fingerprint density at radius 3 is 2.31 bits per heavy atom. The van der Waals surface area contributed by atoms with Crippen molar-refractivity contribution in [3.05, 3.63) is 98.6 Å². The molecule has 3 aromatic rings. The molecule has 0 aliphatic heterocycles. The number of nitrogens with zero attached hydrogens (tertiary/aromatic N) is 2. The molecule has 0 fully saturated rings. The predicted molar refractivity (Wildman–Crippen MR) is 139 cm³/mol. The highest BCUT2D eigenvalue weighted by atomic mass is 32.2. The number of anilines is 1. The van der Waals surface area contributed by atoms with Gasteiger partial charge in [0.2, 0.25) is 10.0 Å². The van der Waals surface area contributed by atoms with Crippen molar-refractivity contribution in [2.45, 2.75) is 27.3 Å². The Bertz CT molecular complexity index is 1370. The number of non-ortho nitro benzene ring substituents is 1. The van der Waals surface area contributed by atoms with E-state index in [-0.39, 0.29) is 23.8 Å². The van der Waals surface area contributed by atoms with Gasteiger partial charge in [-0.2, -0.15) is 0 Å². The van der Waals surface area contributed by atoms with E-state index in [9.17, 15) is 23.3 Å². The van der Waals surface area contributed by atoms with Gasteiger partial charge in [-0.25, -0.2) is 8.42 Å². The summed E-state index contributed by atoms with van der Waals surface area (Å²) in [7, 11) is -3.73. The molecule has 1 amide bonds. The minimum Gasteiger partial charge on any atom is -0.491 e. The van der Waals surface area contributed by atoms with Gasteiger partial charge in [-0.15, -0.1) is 0 Å². The molecule has 0 saturated carbocycles. The number of rotatable bonds is 10. The van der Waals surface area contributed by atoms with Crippen molar-refractivity contribution in [1.29, 1.82) is 0 Å². The molecule has 0 aliphatic rings. The topological polar surface area (TPSA) is 119 Å². The van der Waals surface area contributed by atoms with Crippen molar-refractivity contribution >= 4 is 27.3 Å². The Morgan fingerprint density at radius 2 is 1.69 bits per heavy atom. The first-order chi connectivity index (χ1) is 17.0. The Kier molecular flexibility index (Phi) is 8.31. The van der Waals surface area contributed by atoms with Crippen LogP contribution in [0.5, 0.6) is 5.75 Å². The summed E-state index contributed by atoms with van der Waals surface area (Å²) in [5.41, 5.74) is 3.85. The summed E-state index contributed by atoms with van der Waals surface area (Å²) in [5, 5.41) is 14.0. The molecule has 0 heterocycles. The number of sulfonamides is 1. The van der Waals surface area contributed by atoms with Crippen molar-refractivity contribution in [1.82, 2.24) is 5.32 Å². The summed E-state index contributed by atoms with van der Waals surface area (Å²) in [6.45, 7) is 6.27.